The molecule has 0 saturated carbocycles. The van der Waals surface area contributed by atoms with Crippen LogP contribution in [0.5, 0.6) is 0 Å². The molecule has 50 heavy (non-hydrogen) atoms. The molecule has 0 N–H and O–H groups in total. The molecule has 0 aliphatic heterocycles. The van der Waals surface area contributed by atoms with Gasteiger partial charge in [-0.3, -0.25) is 0 Å². The van der Waals surface area contributed by atoms with E-state index < -0.39 is 60.4 Å². The van der Waals surface area contributed by atoms with E-state index >= 15 is 0 Å². The fraction of sp³-hybridized carbons (Fsp3) is 0. The third-order valence-corrected chi connectivity index (χ3v) is 9.91. The van der Waals surface area contributed by atoms with Gasteiger partial charge in [0.05, 0.1) is 13.7 Å². The van der Waals surface area contributed by atoms with E-state index in [0.29, 0.717) is 44.1 Å². The first-order chi connectivity index (χ1) is 28.9. The summed E-state index contributed by atoms with van der Waals surface area (Å²) < 4.78 is 93.7. The van der Waals surface area contributed by atoms with Gasteiger partial charge in [0.15, 0.2) is 17.5 Å². The van der Waals surface area contributed by atoms with Gasteiger partial charge in [-0.25, -0.2) is 15.0 Å². The van der Waals surface area contributed by atoms with Crippen LogP contribution in [0.3, 0.4) is 0 Å². The number of furan rings is 1. The van der Waals surface area contributed by atoms with Crippen LogP contribution in [0.25, 0.3) is 98.5 Å². The van der Waals surface area contributed by atoms with Gasteiger partial charge in [0.2, 0.25) is 0 Å². The van der Waals surface area contributed by atoms with Crippen LogP contribution >= 0.6 is 11.3 Å². The molecule has 0 atom stereocenters. The number of nitrogens with zero attached hydrogens (tertiary/aromatic N) is 3. The minimum absolute atomic E-state index is 0.0810. The first kappa shape index (κ1) is 20.2. The second kappa shape index (κ2) is 11.6. The lowest BCUT2D eigenvalue weighted by molar-refractivity contribution is 0.669. The van der Waals surface area contributed by atoms with E-state index in [4.69, 9.17) is 33.1 Å². The Balaban J connectivity index is 1.32. The van der Waals surface area contributed by atoms with E-state index in [1.807, 2.05) is 91.0 Å². The number of aromatic nitrogens is 3. The van der Waals surface area contributed by atoms with Gasteiger partial charge in [-0.15, -0.1) is 11.3 Å². The zero-order valence-electron chi connectivity index (χ0n) is 36.0. The maximum absolute atomic E-state index is 8.96. The smallest absolute Gasteiger partial charge is 0.164 e. The van der Waals surface area contributed by atoms with Crippen molar-refractivity contribution in [3.63, 3.8) is 0 Å². The van der Waals surface area contributed by atoms with Crippen LogP contribution in [-0.2, 0) is 0 Å². The molecule has 0 aliphatic rings. The Morgan fingerprint density at radius 1 is 0.460 bits per heavy atom. The number of rotatable bonds is 5. The summed E-state index contributed by atoms with van der Waals surface area (Å²) in [4.78, 5) is 15.2. The van der Waals surface area contributed by atoms with E-state index in [0.717, 1.165) is 32.2 Å². The van der Waals surface area contributed by atoms with Gasteiger partial charge in [-0.2, -0.15) is 0 Å². The fourth-order valence-corrected chi connectivity index (χ4v) is 7.75. The quantitative estimate of drug-likeness (QED) is 0.183. The van der Waals surface area contributed by atoms with Crippen LogP contribution in [-0.4, -0.2) is 15.0 Å². The molecule has 0 unspecified atom stereocenters. The van der Waals surface area contributed by atoms with Crippen LogP contribution in [0.4, 0.5) is 0 Å². The van der Waals surface area contributed by atoms with Crippen molar-refractivity contribution in [1.29, 1.82) is 0 Å². The summed E-state index contributed by atoms with van der Waals surface area (Å²) in [5.74, 6) is 1.13. The Kier molecular flexibility index (Phi) is 4.69. The zero-order valence-corrected chi connectivity index (χ0v) is 26.8. The molecule has 0 fully saturated rings. The molecule has 7 aromatic carbocycles. The number of hydrogen-bond acceptors (Lipinski definition) is 5. The molecule has 0 amide bonds. The van der Waals surface area contributed by atoms with Gasteiger partial charge in [0.25, 0.3) is 0 Å². The number of fused-ring (bicyclic) bond motifs is 6. The van der Waals surface area contributed by atoms with Crippen molar-refractivity contribution in [3.8, 4) is 56.4 Å². The lowest BCUT2D eigenvalue weighted by atomic mass is 9.95. The molecule has 234 valence electrons. The molecule has 3 heterocycles. The summed E-state index contributed by atoms with van der Waals surface area (Å²) in [5, 5.41) is 2.94. The Morgan fingerprint density at radius 2 is 1.10 bits per heavy atom. The summed E-state index contributed by atoms with van der Waals surface area (Å²) in [6.07, 6.45) is 0. The monoisotopic (exact) mass is 667 g/mol. The van der Waals surface area contributed by atoms with Gasteiger partial charge < -0.3 is 4.42 Å². The number of thiophene rings is 1. The Labute approximate surface area is 306 Å². The highest BCUT2D eigenvalue weighted by atomic mass is 32.1. The van der Waals surface area contributed by atoms with Gasteiger partial charge in [0.1, 0.15) is 11.2 Å². The second-order valence-corrected chi connectivity index (χ2v) is 12.7. The molecular weight excluding hydrogens is 631 g/mol. The first-order valence-corrected chi connectivity index (χ1v) is 16.6. The van der Waals surface area contributed by atoms with Gasteiger partial charge >= 0.3 is 0 Å². The van der Waals surface area contributed by atoms with E-state index in [1.54, 1.807) is 12.1 Å². The van der Waals surface area contributed by atoms with Crippen molar-refractivity contribution >= 4 is 53.4 Å². The van der Waals surface area contributed by atoms with Crippen molar-refractivity contribution in [2.75, 3.05) is 0 Å². The first-order valence-electron chi connectivity index (χ1n) is 20.8. The second-order valence-electron chi connectivity index (χ2n) is 11.6. The van der Waals surface area contributed by atoms with Crippen LogP contribution in [0.2, 0.25) is 0 Å². The molecule has 3 aromatic heterocycles. The minimum atomic E-state index is -0.553. The molecule has 0 aliphatic carbocycles. The van der Waals surface area contributed by atoms with Gasteiger partial charge in [-0.1, -0.05) is 133 Å². The maximum Gasteiger partial charge on any atom is 0.164 e. The number of hydrogen-bond donors (Lipinski definition) is 0. The van der Waals surface area contributed by atoms with Crippen molar-refractivity contribution in [1.82, 2.24) is 15.0 Å². The van der Waals surface area contributed by atoms with Crippen LogP contribution in [0, 0.1) is 0 Å². The molecule has 10 rings (SSSR count). The highest BCUT2D eigenvalue weighted by molar-refractivity contribution is 7.26. The highest BCUT2D eigenvalue weighted by Gasteiger charge is 2.21. The molecule has 0 saturated heterocycles. The van der Waals surface area contributed by atoms with Gasteiger partial charge in [0, 0.05) is 53.2 Å². The standard InChI is InChI=1S/C45H27N3OS/c1-4-14-28(15-5-1)31-26-35(29-16-6-2-7-17-29)42-36(27-31)41-34(22-13-25-39(41)50-42)45-47-43(30-18-8-3-9-19-30)46-44(48-45)33-21-12-24-38-40(33)32-20-10-11-23-37(32)49-38/h1-27H/i1D,2D,4D,5D,6D,7D,14D,15D,16D,17D. The Bertz CT molecular complexity index is 3400. The molecule has 0 radical (unpaired) electrons. The molecule has 5 heteroatoms. The van der Waals surface area contributed by atoms with Crippen LogP contribution in [0.1, 0.15) is 13.7 Å². The highest BCUT2D eigenvalue weighted by Crippen LogP contribution is 2.46. The van der Waals surface area contributed by atoms with Crippen molar-refractivity contribution in [2.24, 2.45) is 0 Å². The average Bonchev–Trinajstić information content (AvgIpc) is 3.85. The van der Waals surface area contributed by atoms with Crippen molar-refractivity contribution in [3.05, 3.63) is 164 Å². The number of benzene rings is 7. The summed E-state index contributed by atoms with van der Waals surface area (Å²) in [7, 11) is 0. The summed E-state index contributed by atoms with van der Waals surface area (Å²) in [6.45, 7) is 0. The molecule has 4 nitrogen and oxygen atoms in total. The van der Waals surface area contributed by atoms with Crippen LogP contribution < -0.4 is 0 Å². The maximum atomic E-state index is 8.96. The van der Waals surface area contributed by atoms with Gasteiger partial charge in [-0.05, 0) is 47.0 Å². The SMILES string of the molecule is [2H]c1c([2H])c([2H])c(-c2cc(-c3c([2H])c([2H])c([2H])c([2H])c3[2H])c3sc4cccc(-c5nc(-c6ccccc6)nc(-c6cccc7oc8ccccc8c67)n5)c4c3c2)c([2H])c1[2H]. The van der Waals surface area contributed by atoms with E-state index in [1.165, 1.54) is 11.3 Å². The predicted octanol–water partition coefficient (Wildman–Crippen LogP) is 12.5. The normalized spacial score (nSPS) is 14.4. The fourth-order valence-electron chi connectivity index (χ4n) is 6.52. The van der Waals surface area contributed by atoms with E-state index in [9.17, 15) is 0 Å². The van der Waals surface area contributed by atoms with E-state index in [2.05, 4.69) is 0 Å². The predicted molar refractivity (Wildman–Crippen MR) is 207 cm³/mol. The molecule has 10 aromatic rings. The molecule has 0 bridgehead atoms. The summed E-state index contributed by atoms with van der Waals surface area (Å²) >= 11 is 1.33. The third kappa shape index (κ3) is 4.71. The lowest BCUT2D eigenvalue weighted by Crippen LogP contribution is -2.00. The Morgan fingerprint density at radius 3 is 1.88 bits per heavy atom. The van der Waals surface area contributed by atoms with E-state index in [-0.39, 0.29) is 22.3 Å². The number of para-hydroxylation sites is 1. The van der Waals surface area contributed by atoms with Crippen molar-refractivity contribution < 1.29 is 18.1 Å². The topological polar surface area (TPSA) is 51.8 Å². The lowest BCUT2D eigenvalue weighted by Gasteiger charge is -2.11. The Hall–Kier alpha value is -6.43. The van der Waals surface area contributed by atoms with Crippen molar-refractivity contribution in [2.45, 2.75) is 0 Å². The summed E-state index contributed by atoms with van der Waals surface area (Å²) in [5.41, 5.74) is 3.74. The largest absolute Gasteiger partial charge is 0.456 e. The third-order valence-electron chi connectivity index (χ3n) is 8.71. The van der Waals surface area contributed by atoms with Crippen LogP contribution in [0.15, 0.2) is 168 Å². The summed E-state index contributed by atoms with van der Waals surface area (Å²) in [6, 6.07) is 27.0. The average molecular weight is 668 g/mol. The zero-order chi connectivity index (χ0) is 41.7. The minimum Gasteiger partial charge on any atom is -0.456 e. The molecular formula is C45H27N3OS. The molecule has 0 spiro atoms.